The minimum atomic E-state index is -0.560. The number of hydrogen-bond acceptors (Lipinski definition) is 4. The van der Waals surface area contributed by atoms with Gasteiger partial charge in [0.2, 0.25) is 5.91 Å². The van der Waals surface area contributed by atoms with Gasteiger partial charge in [0.15, 0.2) is 0 Å². The maximum atomic E-state index is 12.3. The van der Waals surface area contributed by atoms with Crippen molar-refractivity contribution in [2.75, 3.05) is 16.8 Å². The minimum absolute atomic E-state index is 0.0234. The molecule has 1 N–H and O–H groups in total. The number of carbonyl (C=O) groups is 2. The average molecular weight is 360 g/mol. The summed E-state index contributed by atoms with van der Waals surface area (Å²) in [5.74, 6) is -0.458. The van der Waals surface area contributed by atoms with Crippen LogP contribution in [0.2, 0.25) is 5.02 Å². The van der Waals surface area contributed by atoms with Gasteiger partial charge in [-0.3, -0.25) is 19.7 Å². The Hall–Kier alpha value is -2.93. The van der Waals surface area contributed by atoms with E-state index in [0.717, 1.165) is 6.42 Å². The summed E-state index contributed by atoms with van der Waals surface area (Å²) in [7, 11) is 0. The molecule has 1 saturated heterocycles. The third-order valence-electron chi connectivity index (χ3n) is 3.89. The molecule has 128 valence electrons. The van der Waals surface area contributed by atoms with Gasteiger partial charge in [0.1, 0.15) is 0 Å². The van der Waals surface area contributed by atoms with Gasteiger partial charge in [0, 0.05) is 36.3 Å². The van der Waals surface area contributed by atoms with Crippen LogP contribution in [0.5, 0.6) is 0 Å². The summed E-state index contributed by atoms with van der Waals surface area (Å²) in [6, 6.07) is 10.3. The van der Waals surface area contributed by atoms with E-state index < -0.39 is 10.8 Å². The second-order valence-electron chi connectivity index (χ2n) is 5.58. The highest BCUT2D eigenvalue weighted by atomic mass is 35.5. The van der Waals surface area contributed by atoms with E-state index >= 15 is 0 Å². The van der Waals surface area contributed by atoms with Crippen LogP contribution < -0.4 is 10.2 Å². The third-order valence-corrected chi connectivity index (χ3v) is 4.19. The van der Waals surface area contributed by atoms with E-state index in [-0.39, 0.29) is 17.2 Å². The van der Waals surface area contributed by atoms with Gasteiger partial charge in [-0.2, -0.15) is 0 Å². The number of nitrogens with zero attached hydrogens (tertiary/aromatic N) is 2. The summed E-state index contributed by atoms with van der Waals surface area (Å²) in [5, 5.41) is 13.8. The van der Waals surface area contributed by atoms with Crippen molar-refractivity contribution < 1.29 is 14.5 Å². The predicted molar refractivity (Wildman–Crippen MR) is 94.1 cm³/mol. The molecular weight excluding hydrogens is 346 g/mol. The highest BCUT2D eigenvalue weighted by molar-refractivity contribution is 6.34. The summed E-state index contributed by atoms with van der Waals surface area (Å²) >= 11 is 6.24. The number of non-ortho nitro benzene ring substituents is 1. The Kier molecular flexibility index (Phi) is 4.67. The number of nitro groups is 1. The van der Waals surface area contributed by atoms with E-state index in [0.29, 0.717) is 29.4 Å². The number of nitrogens with one attached hydrogen (secondary N) is 1. The summed E-state index contributed by atoms with van der Waals surface area (Å²) in [4.78, 5) is 35.9. The van der Waals surface area contributed by atoms with Crippen molar-refractivity contribution in [2.45, 2.75) is 12.8 Å². The van der Waals surface area contributed by atoms with Crippen LogP contribution in [0.1, 0.15) is 23.2 Å². The van der Waals surface area contributed by atoms with Crippen LogP contribution >= 0.6 is 11.6 Å². The molecule has 2 aromatic carbocycles. The number of benzene rings is 2. The van der Waals surface area contributed by atoms with E-state index in [4.69, 9.17) is 11.6 Å². The zero-order chi connectivity index (χ0) is 18.0. The SMILES string of the molecule is O=C(Nc1ccc(N2CCCC2=O)c(Cl)c1)c1cccc([N+](=O)[O-])c1. The number of amides is 2. The van der Waals surface area contributed by atoms with E-state index in [1.54, 1.807) is 23.1 Å². The number of halogens is 1. The second kappa shape index (κ2) is 6.90. The molecule has 1 aliphatic rings. The lowest BCUT2D eigenvalue weighted by atomic mass is 10.2. The topological polar surface area (TPSA) is 92.6 Å². The lowest BCUT2D eigenvalue weighted by Gasteiger charge is -2.18. The first-order chi connectivity index (χ1) is 12.0. The lowest BCUT2D eigenvalue weighted by Crippen LogP contribution is -2.24. The number of carbonyl (C=O) groups excluding carboxylic acids is 2. The van der Waals surface area contributed by atoms with Gasteiger partial charge in [-0.15, -0.1) is 0 Å². The van der Waals surface area contributed by atoms with E-state index in [2.05, 4.69) is 5.32 Å². The van der Waals surface area contributed by atoms with Crippen LogP contribution in [0, 0.1) is 10.1 Å². The average Bonchev–Trinajstić information content (AvgIpc) is 3.01. The first-order valence-electron chi connectivity index (χ1n) is 7.61. The van der Waals surface area contributed by atoms with Crippen molar-refractivity contribution in [3.8, 4) is 0 Å². The molecule has 0 aliphatic carbocycles. The fourth-order valence-electron chi connectivity index (χ4n) is 2.67. The van der Waals surface area contributed by atoms with Gasteiger partial charge in [0.25, 0.3) is 11.6 Å². The maximum Gasteiger partial charge on any atom is 0.270 e. The Morgan fingerprint density at radius 3 is 2.68 bits per heavy atom. The fourth-order valence-corrected chi connectivity index (χ4v) is 2.95. The lowest BCUT2D eigenvalue weighted by molar-refractivity contribution is -0.384. The Labute approximate surface area is 148 Å². The molecule has 0 saturated carbocycles. The van der Waals surface area contributed by atoms with Crippen molar-refractivity contribution in [2.24, 2.45) is 0 Å². The van der Waals surface area contributed by atoms with E-state index in [1.807, 2.05) is 0 Å². The molecule has 3 rings (SSSR count). The number of hydrogen-bond donors (Lipinski definition) is 1. The molecule has 0 atom stereocenters. The number of rotatable bonds is 4. The number of nitro benzene ring substituents is 1. The highest BCUT2D eigenvalue weighted by Crippen LogP contribution is 2.31. The molecule has 2 aromatic rings. The van der Waals surface area contributed by atoms with Crippen molar-refractivity contribution in [3.63, 3.8) is 0 Å². The molecule has 7 nitrogen and oxygen atoms in total. The first-order valence-corrected chi connectivity index (χ1v) is 7.99. The highest BCUT2D eigenvalue weighted by Gasteiger charge is 2.23. The van der Waals surface area contributed by atoms with Crippen LogP contribution in [0.3, 0.4) is 0 Å². The standard InChI is InChI=1S/C17H14ClN3O4/c18-14-10-12(6-7-15(14)20-8-2-5-16(20)22)19-17(23)11-3-1-4-13(9-11)21(24)25/h1,3-4,6-7,9-10H,2,5,8H2,(H,19,23). The first kappa shape index (κ1) is 16.9. The maximum absolute atomic E-state index is 12.3. The van der Waals surface area contributed by atoms with Crippen molar-refractivity contribution in [3.05, 3.63) is 63.2 Å². The third kappa shape index (κ3) is 3.61. The molecule has 25 heavy (non-hydrogen) atoms. The molecule has 0 unspecified atom stereocenters. The monoisotopic (exact) mass is 359 g/mol. The van der Waals surface area contributed by atoms with Crippen LogP contribution in [0.25, 0.3) is 0 Å². The van der Waals surface area contributed by atoms with Gasteiger partial charge >= 0.3 is 0 Å². The molecule has 2 amide bonds. The number of anilines is 2. The van der Waals surface area contributed by atoms with E-state index in [1.165, 1.54) is 24.3 Å². The predicted octanol–water partition coefficient (Wildman–Crippen LogP) is 3.63. The van der Waals surface area contributed by atoms with Crippen molar-refractivity contribution in [1.82, 2.24) is 0 Å². The molecular formula is C17H14ClN3O4. The molecule has 8 heteroatoms. The van der Waals surface area contributed by atoms with Crippen LogP contribution in [-0.4, -0.2) is 23.3 Å². The van der Waals surface area contributed by atoms with Gasteiger partial charge in [-0.1, -0.05) is 17.7 Å². The summed E-state index contributed by atoms with van der Waals surface area (Å²) in [6.45, 7) is 0.623. The van der Waals surface area contributed by atoms with Gasteiger partial charge in [-0.05, 0) is 30.7 Å². The molecule has 1 heterocycles. The largest absolute Gasteiger partial charge is 0.322 e. The molecule has 1 aliphatic heterocycles. The zero-order valence-electron chi connectivity index (χ0n) is 13.1. The van der Waals surface area contributed by atoms with Gasteiger partial charge in [-0.25, -0.2) is 0 Å². The van der Waals surface area contributed by atoms with Crippen LogP contribution in [0.15, 0.2) is 42.5 Å². The normalized spacial score (nSPS) is 13.8. The smallest absolute Gasteiger partial charge is 0.270 e. The summed E-state index contributed by atoms with van der Waals surface area (Å²) < 4.78 is 0. The Balaban J connectivity index is 1.78. The van der Waals surface area contributed by atoms with Crippen molar-refractivity contribution >= 4 is 40.5 Å². The zero-order valence-corrected chi connectivity index (χ0v) is 13.8. The quantitative estimate of drug-likeness (QED) is 0.666. The van der Waals surface area contributed by atoms with Crippen LogP contribution in [-0.2, 0) is 4.79 Å². The molecule has 1 fully saturated rings. The van der Waals surface area contributed by atoms with Gasteiger partial charge < -0.3 is 10.2 Å². The molecule has 0 spiro atoms. The molecule has 0 bridgehead atoms. The van der Waals surface area contributed by atoms with Crippen LogP contribution in [0.4, 0.5) is 17.1 Å². The molecule has 0 aromatic heterocycles. The minimum Gasteiger partial charge on any atom is -0.322 e. The fraction of sp³-hybridized carbons (Fsp3) is 0.176. The summed E-state index contributed by atoms with van der Waals surface area (Å²) in [5.41, 5.74) is 1.06. The Morgan fingerprint density at radius 2 is 2.04 bits per heavy atom. The second-order valence-corrected chi connectivity index (χ2v) is 5.98. The van der Waals surface area contributed by atoms with E-state index in [9.17, 15) is 19.7 Å². The molecule has 0 radical (unpaired) electrons. The van der Waals surface area contributed by atoms with Crippen molar-refractivity contribution in [1.29, 1.82) is 0 Å². The van der Waals surface area contributed by atoms with Gasteiger partial charge in [0.05, 0.1) is 15.6 Å². The Morgan fingerprint density at radius 1 is 1.24 bits per heavy atom. The summed E-state index contributed by atoms with van der Waals surface area (Å²) in [6.07, 6.45) is 1.29. The Bertz CT molecular complexity index is 869.